The number of ether oxygens (including phenoxy) is 1. The molecule has 5 heteroatoms. The van der Waals surface area contributed by atoms with Gasteiger partial charge in [-0.05, 0) is 38.1 Å². The number of likely N-dealkylation sites (N-methyl/N-ethyl adjacent to an activating group) is 1. The third-order valence-electron chi connectivity index (χ3n) is 4.46. The van der Waals surface area contributed by atoms with E-state index in [0.29, 0.717) is 30.0 Å². The molecule has 0 unspecified atom stereocenters. The smallest absolute Gasteiger partial charge is 0.336 e. The van der Waals surface area contributed by atoms with Gasteiger partial charge < -0.3 is 9.15 Å². The first-order chi connectivity index (χ1) is 12.9. The van der Waals surface area contributed by atoms with E-state index in [0.717, 1.165) is 17.5 Å². The molecule has 5 nitrogen and oxygen atoms in total. The van der Waals surface area contributed by atoms with E-state index in [2.05, 4.69) is 17.0 Å². The van der Waals surface area contributed by atoms with E-state index in [1.165, 1.54) is 18.6 Å². The quantitative estimate of drug-likeness (QED) is 0.471. The highest BCUT2D eigenvalue weighted by Gasteiger charge is 2.14. The number of aryl methyl sites for hydroxylation is 1. The lowest BCUT2D eigenvalue weighted by atomic mass is 10.0. The largest absolute Gasteiger partial charge is 0.491 e. The Kier molecular flexibility index (Phi) is 5.72. The predicted octanol–water partition coefficient (Wildman–Crippen LogP) is 3.81. The summed E-state index contributed by atoms with van der Waals surface area (Å²) in [5.41, 5.74) is 2.51. The molecule has 1 heterocycles. The van der Waals surface area contributed by atoms with Gasteiger partial charge in [-0.25, -0.2) is 4.79 Å². The van der Waals surface area contributed by atoms with Gasteiger partial charge in [0.2, 0.25) is 0 Å². The van der Waals surface area contributed by atoms with Crippen LogP contribution < -0.4 is 10.4 Å². The van der Waals surface area contributed by atoms with Crippen LogP contribution in [0.15, 0.2) is 57.7 Å². The van der Waals surface area contributed by atoms with Crippen LogP contribution in [0.5, 0.6) is 5.75 Å². The molecule has 0 radical (unpaired) electrons. The molecule has 140 valence electrons. The number of carbonyl (C=O) groups excluding carboxylic acids is 1. The summed E-state index contributed by atoms with van der Waals surface area (Å²) in [7, 11) is 2.02. The van der Waals surface area contributed by atoms with Crippen molar-refractivity contribution in [3.05, 3.63) is 75.6 Å². The monoisotopic (exact) mass is 365 g/mol. The topological polar surface area (TPSA) is 59.8 Å². The highest BCUT2D eigenvalue weighted by Crippen LogP contribution is 2.27. The van der Waals surface area contributed by atoms with E-state index in [-0.39, 0.29) is 5.78 Å². The molecule has 0 saturated heterocycles. The molecule has 0 aliphatic heterocycles. The Morgan fingerprint density at radius 1 is 1.15 bits per heavy atom. The van der Waals surface area contributed by atoms with Crippen LogP contribution in [-0.4, -0.2) is 30.9 Å². The first-order valence-corrected chi connectivity index (χ1v) is 8.89. The van der Waals surface area contributed by atoms with Gasteiger partial charge in [0.15, 0.2) is 5.78 Å². The summed E-state index contributed by atoms with van der Waals surface area (Å²) in [6.07, 6.45) is 0. The average Bonchev–Trinajstić information content (AvgIpc) is 2.61. The summed E-state index contributed by atoms with van der Waals surface area (Å²) >= 11 is 0. The minimum atomic E-state index is -0.413. The van der Waals surface area contributed by atoms with Gasteiger partial charge in [0.1, 0.15) is 17.9 Å². The summed E-state index contributed by atoms with van der Waals surface area (Å²) < 4.78 is 11.1. The van der Waals surface area contributed by atoms with Crippen molar-refractivity contribution in [2.45, 2.75) is 20.4 Å². The summed E-state index contributed by atoms with van der Waals surface area (Å²) in [6, 6.07) is 15.0. The second kappa shape index (κ2) is 8.18. The van der Waals surface area contributed by atoms with Crippen LogP contribution in [0.25, 0.3) is 11.0 Å². The zero-order valence-corrected chi connectivity index (χ0v) is 15.8. The summed E-state index contributed by atoms with van der Waals surface area (Å²) in [4.78, 5) is 25.8. The molecular formula is C22H23NO4. The molecule has 0 aliphatic carbocycles. The summed E-state index contributed by atoms with van der Waals surface area (Å²) in [5, 5.41) is 0.744. The van der Waals surface area contributed by atoms with E-state index in [1.54, 1.807) is 12.1 Å². The number of fused-ring (bicyclic) bond motifs is 1. The second-order valence-corrected chi connectivity index (χ2v) is 6.72. The molecule has 27 heavy (non-hydrogen) atoms. The fraction of sp³-hybridized carbons (Fsp3) is 0.273. The number of nitrogens with zero attached hydrogens (tertiary/aromatic N) is 1. The molecule has 3 rings (SSSR count). The van der Waals surface area contributed by atoms with E-state index in [9.17, 15) is 9.59 Å². The van der Waals surface area contributed by atoms with Crippen molar-refractivity contribution in [3.63, 3.8) is 0 Å². The maximum Gasteiger partial charge on any atom is 0.336 e. The third-order valence-corrected chi connectivity index (χ3v) is 4.46. The van der Waals surface area contributed by atoms with Gasteiger partial charge in [0, 0.05) is 30.6 Å². The molecule has 0 fully saturated rings. The fourth-order valence-corrected chi connectivity index (χ4v) is 3.03. The zero-order valence-electron chi connectivity index (χ0n) is 15.8. The number of ketones is 1. The average molecular weight is 365 g/mol. The molecule has 1 aromatic heterocycles. The number of hydrogen-bond donors (Lipinski definition) is 0. The maximum atomic E-state index is 12.0. The number of benzene rings is 2. The number of rotatable bonds is 7. The number of hydrogen-bond acceptors (Lipinski definition) is 5. The van der Waals surface area contributed by atoms with Crippen molar-refractivity contribution in [2.75, 3.05) is 20.2 Å². The highest BCUT2D eigenvalue weighted by atomic mass is 16.5. The van der Waals surface area contributed by atoms with Crippen molar-refractivity contribution in [1.29, 1.82) is 0 Å². The molecule has 3 aromatic rings. The van der Waals surface area contributed by atoms with Crippen molar-refractivity contribution in [2.24, 2.45) is 0 Å². The zero-order chi connectivity index (χ0) is 19.4. The summed E-state index contributed by atoms with van der Waals surface area (Å²) in [6.45, 7) is 5.26. The predicted molar refractivity (Wildman–Crippen MR) is 105 cm³/mol. The first kappa shape index (κ1) is 18.9. The van der Waals surface area contributed by atoms with E-state index in [1.807, 2.05) is 32.2 Å². The van der Waals surface area contributed by atoms with Crippen molar-refractivity contribution in [1.82, 2.24) is 4.90 Å². The Labute approximate surface area is 158 Å². The van der Waals surface area contributed by atoms with Gasteiger partial charge in [-0.15, -0.1) is 0 Å². The van der Waals surface area contributed by atoms with Gasteiger partial charge in [0.25, 0.3) is 0 Å². The van der Waals surface area contributed by atoms with Crippen LogP contribution in [0, 0.1) is 6.92 Å². The van der Waals surface area contributed by atoms with Gasteiger partial charge in [-0.3, -0.25) is 9.69 Å². The van der Waals surface area contributed by atoms with Crippen LogP contribution in [0.2, 0.25) is 0 Å². The molecule has 0 atom stereocenters. The molecule has 0 amide bonds. The SMILES string of the molecule is CC(=O)c1cc2c(C)cc(=O)oc2cc1OCCN(C)Cc1ccccc1. The number of carbonyl (C=O) groups is 1. The Hall–Kier alpha value is -2.92. The van der Waals surface area contributed by atoms with Gasteiger partial charge in [0.05, 0.1) is 5.56 Å². The highest BCUT2D eigenvalue weighted by molar-refractivity contribution is 6.01. The molecule has 0 saturated carbocycles. The Morgan fingerprint density at radius 2 is 1.89 bits per heavy atom. The van der Waals surface area contributed by atoms with E-state index in [4.69, 9.17) is 9.15 Å². The third kappa shape index (κ3) is 4.63. The van der Waals surface area contributed by atoms with Crippen LogP contribution in [0.4, 0.5) is 0 Å². The molecule has 0 bridgehead atoms. The van der Waals surface area contributed by atoms with Crippen molar-refractivity contribution < 1.29 is 13.9 Å². The Morgan fingerprint density at radius 3 is 2.59 bits per heavy atom. The van der Waals surface area contributed by atoms with Gasteiger partial charge in [-0.2, -0.15) is 0 Å². The molecule has 0 aliphatic rings. The van der Waals surface area contributed by atoms with Crippen LogP contribution in [0.3, 0.4) is 0 Å². The lowest BCUT2D eigenvalue weighted by molar-refractivity contribution is 0.101. The van der Waals surface area contributed by atoms with Gasteiger partial charge in [-0.1, -0.05) is 30.3 Å². The first-order valence-electron chi connectivity index (χ1n) is 8.89. The van der Waals surface area contributed by atoms with Crippen LogP contribution >= 0.6 is 0 Å². The molecule has 2 aromatic carbocycles. The lowest BCUT2D eigenvalue weighted by Crippen LogP contribution is -2.24. The van der Waals surface area contributed by atoms with E-state index >= 15 is 0 Å². The summed E-state index contributed by atoms with van der Waals surface area (Å²) in [5.74, 6) is 0.354. The van der Waals surface area contributed by atoms with Gasteiger partial charge >= 0.3 is 5.63 Å². The maximum absolute atomic E-state index is 12.0. The van der Waals surface area contributed by atoms with Crippen LogP contribution in [0.1, 0.15) is 28.4 Å². The van der Waals surface area contributed by atoms with Crippen molar-refractivity contribution in [3.8, 4) is 5.75 Å². The Bertz CT molecular complexity index is 1010. The van der Waals surface area contributed by atoms with Crippen LogP contribution in [-0.2, 0) is 6.54 Å². The molecule has 0 N–H and O–H groups in total. The number of Topliss-reactive ketones (excluding diaryl/α,β-unsaturated/α-hetero) is 1. The Balaban J connectivity index is 1.74. The molecule has 0 spiro atoms. The van der Waals surface area contributed by atoms with Crippen molar-refractivity contribution >= 4 is 16.8 Å². The fourth-order valence-electron chi connectivity index (χ4n) is 3.03. The standard InChI is InChI=1S/C22H23NO4/c1-15-11-22(25)27-21-13-20(19(16(2)24)12-18(15)21)26-10-9-23(3)14-17-7-5-4-6-8-17/h4-8,11-13H,9-10,14H2,1-3H3. The molecular weight excluding hydrogens is 342 g/mol. The lowest BCUT2D eigenvalue weighted by Gasteiger charge is -2.18. The van der Waals surface area contributed by atoms with E-state index < -0.39 is 5.63 Å². The minimum Gasteiger partial charge on any atom is -0.491 e. The minimum absolute atomic E-state index is 0.0878. The normalized spacial score (nSPS) is 11.1. The second-order valence-electron chi connectivity index (χ2n) is 6.72.